The summed E-state index contributed by atoms with van der Waals surface area (Å²) in [6, 6.07) is 1.57. The number of aryl methyl sites for hydroxylation is 1. The van der Waals surface area contributed by atoms with Crippen molar-refractivity contribution in [2.24, 2.45) is 5.73 Å². The molecule has 88 valence electrons. The third kappa shape index (κ3) is 4.16. The van der Waals surface area contributed by atoms with Crippen molar-refractivity contribution in [2.45, 2.75) is 24.5 Å². The van der Waals surface area contributed by atoms with Crippen LogP contribution in [0, 0.1) is 6.92 Å². The van der Waals surface area contributed by atoms with E-state index in [0.29, 0.717) is 6.42 Å². The van der Waals surface area contributed by atoms with Gasteiger partial charge in [-0.25, -0.2) is 9.97 Å². The van der Waals surface area contributed by atoms with E-state index in [-0.39, 0.29) is 11.9 Å². The summed E-state index contributed by atoms with van der Waals surface area (Å²) < 4.78 is 0. The Labute approximate surface area is 99.2 Å². The molecule has 0 aliphatic rings. The van der Waals surface area contributed by atoms with E-state index in [1.807, 2.05) is 13.0 Å². The largest absolute Gasteiger partial charge is 0.368 e. The summed E-state index contributed by atoms with van der Waals surface area (Å²) in [7, 11) is 1.73. The standard InChI is InChI=1S/C10H16N4OS/c1-7-3-5-13-10(14-7)16-6-4-8(12-2)9(11)15/h3,5,8,12H,4,6H2,1-2H3,(H2,11,15). The van der Waals surface area contributed by atoms with Gasteiger partial charge in [0.25, 0.3) is 0 Å². The minimum Gasteiger partial charge on any atom is -0.368 e. The second-order valence-corrected chi connectivity index (χ2v) is 4.42. The van der Waals surface area contributed by atoms with Crippen molar-refractivity contribution in [3.8, 4) is 0 Å². The first-order chi connectivity index (χ1) is 7.63. The Kier molecular flexibility index (Phi) is 5.21. The molecule has 1 unspecified atom stereocenters. The van der Waals surface area contributed by atoms with Gasteiger partial charge in [-0.15, -0.1) is 0 Å². The number of aromatic nitrogens is 2. The fraction of sp³-hybridized carbons (Fsp3) is 0.500. The lowest BCUT2D eigenvalue weighted by atomic mass is 10.2. The van der Waals surface area contributed by atoms with Crippen LogP contribution in [0.5, 0.6) is 0 Å². The summed E-state index contributed by atoms with van der Waals surface area (Å²) in [6.07, 6.45) is 2.40. The molecule has 0 fully saturated rings. The number of thioether (sulfide) groups is 1. The van der Waals surface area contributed by atoms with E-state index in [1.165, 1.54) is 11.8 Å². The van der Waals surface area contributed by atoms with Gasteiger partial charge in [0.1, 0.15) is 0 Å². The van der Waals surface area contributed by atoms with Gasteiger partial charge < -0.3 is 11.1 Å². The van der Waals surface area contributed by atoms with E-state index in [9.17, 15) is 4.79 Å². The summed E-state index contributed by atoms with van der Waals surface area (Å²) in [4.78, 5) is 19.3. The Hall–Kier alpha value is -1.14. The number of hydrogen-bond donors (Lipinski definition) is 2. The molecule has 0 aromatic carbocycles. The number of nitrogens with zero attached hydrogens (tertiary/aromatic N) is 2. The number of hydrogen-bond acceptors (Lipinski definition) is 5. The molecule has 5 nitrogen and oxygen atoms in total. The molecule has 1 rings (SSSR count). The zero-order valence-electron chi connectivity index (χ0n) is 9.43. The quantitative estimate of drug-likeness (QED) is 0.553. The Morgan fingerprint density at radius 1 is 1.69 bits per heavy atom. The lowest BCUT2D eigenvalue weighted by Crippen LogP contribution is -2.39. The van der Waals surface area contributed by atoms with Crippen LogP contribution in [0.2, 0.25) is 0 Å². The molecule has 1 atom stereocenters. The fourth-order valence-corrected chi connectivity index (χ4v) is 2.07. The first kappa shape index (κ1) is 12.9. The van der Waals surface area contributed by atoms with Gasteiger partial charge in [0.2, 0.25) is 5.91 Å². The molecule has 1 aromatic rings. The van der Waals surface area contributed by atoms with E-state index >= 15 is 0 Å². The predicted molar refractivity (Wildman–Crippen MR) is 64.2 cm³/mol. The van der Waals surface area contributed by atoms with Gasteiger partial charge in [0.15, 0.2) is 5.16 Å². The van der Waals surface area contributed by atoms with Crippen molar-refractivity contribution in [1.29, 1.82) is 0 Å². The van der Waals surface area contributed by atoms with Crippen molar-refractivity contribution in [3.63, 3.8) is 0 Å². The maximum Gasteiger partial charge on any atom is 0.234 e. The van der Waals surface area contributed by atoms with Crippen LogP contribution in [0.4, 0.5) is 0 Å². The summed E-state index contributed by atoms with van der Waals surface area (Å²) in [5, 5.41) is 3.61. The van der Waals surface area contributed by atoms with Crippen LogP contribution < -0.4 is 11.1 Å². The Balaban J connectivity index is 2.38. The number of nitrogens with two attached hydrogens (primary N) is 1. The first-order valence-corrected chi connectivity index (χ1v) is 6.01. The van der Waals surface area contributed by atoms with Crippen LogP contribution in [0.3, 0.4) is 0 Å². The second-order valence-electron chi connectivity index (χ2n) is 3.36. The molecule has 6 heteroatoms. The van der Waals surface area contributed by atoms with Crippen molar-refractivity contribution < 1.29 is 4.79 Å². The maximum atomic E-state index is 10.9. The van der Waals surface area contributed by atoms with Crippen LogP contribution >= 0.6 is 11.8 Å². The monoisotopic (exact) mass is 240 g/mol. The number of rotatable bonds is 6. The lowest BCUT2D eigenvalue weighted by Gasteiger charge is -2.10. The summed E-state index contributed by atoms with van der Waals surface area (Å²) in [5.74, 6) is 0.436. The number of nitrogens with one attached hydrogen (secondary N) is 1. The highest BCUT2D eigenvalue weighted by atomic mass is 32.2. The molecule has 0 aliphatic heterocycles. The van der Waals surface area contributed by atoms with Crippen LogP contribution in [0.25, 0.3) is 0 Å². The molecule has 1 amide bonds. The summed E-state index contributed by atoms with van der Waals surface area (Å²) in [5.41, 5.74) is 6.15. The highest BCUT2D eigenvalue weighted by Gasteiger charge is 2.12. The zero-order valence-corrected chi connectivity index (χ0v) is 10.3. The number of amides is 1. The topological polar surface area (TPSA) is 80.9 Å². The van der Waals surface area contributed by atoms with E-state index in [2.05, 4.69) is 15.3 Å². The average Bonchev–Trinajstić information content (AvgIpc) is 2.24. The van der Waals surface area contributed by atoms with Crippen molar-refractivity contribution in [2.75, 3.05) is 12.8 Å². The number of carbonyl (C=O) groups excluding carboxylic acids is 1. The van der Waals surface area contributed by atoms with E-state index in [1.54, 1.807) is 13.2 Å². The van der Waals surface area contributed by atoms with Crippen LogP contribution in [-0.2, 0) is 4.79 Å². The normalized spacial score (nSPS) is 12.4. The van der Waals surface area contributed by atoms with Gasteiger partial charge in [0, 0.05) is 17.6 Å². The second kappa shape index (κ2) is 6.44. The van der Waals surface area contributed by atoms with Crippen molar-refractivity contribution >= 4 is 17.7 Å². The highest BCUT2D eigenvalue weighted by molar-refractivity contribution is 7.99. The molecular weight excluding hydrogens is 224 g/mol. The predicted octanol–water partition coefficient (Wildman–Crippen LogP) is 0.341. The molecule has 0 spiro atoms. The molecule has 16 heavy (non-hydrogen) atoms. The van der Waals surface area contributed by atoms with Gasteiger partial charge in [-0.05, 0) is 26.5 Å². The maximum absolute atomic E-state index is 10.9. The molecule has 1 aromatic heterocycles. The first-order valence-electron chi connectivity index (χ1n) is 5.02. The molecule has 3 N–H and O–H groups in total. The van der Waals surface area contributed by atoms with E-state index in [4.69, 9.17) is 5.73 Å². The number of carbonyl (C=O) groups is 1. The Morgan fingerprint density at radius 3 is 3.00 bits per heavy atom. The minimum absolute atomic E-state index is 0.280. The van der Waals surface area contributed by atoms with E-state index in [0.717, 1.165) is 16.6 Å². The molecular formula is C10H16N4OS. The van der Waals surface area contributed by atoms with Gasteiger partial charge in [0.05, 0.1) is 6.04 Å². The molecule has 0 bridgehead atoms. The minimum atomic E-state index is -0.326. The van der Waals surface area contributed by atoms with Crippen molar-refractivity contribution in [3.05, 3.63) is 18.0 Å². The molecule has 0 radical (unpaired) electrons. The molecule has 0 saturated carbocycles. The van der Waals surface area contributed by atoms with Crippen molar-refractivity contribution in [1.82, 2.24) is 15.3 Å². The third-order valence-corrected chi connectivity index (χ3v) is 3.00. The number of primary amides is 1. The number of likely N-dealkylation sites (N-methyl/N-ethyl adjacent to an activating group) is 1. The zero-order chi connectivity index (χ0) is 12.0. The van der Waals surface area contributed by atoms with E-state index < -0.39 is 0 Å². The average molecular weight is 240 g/mol. The molecule has 0 aliphatic carbocycles. The Morgan fingerprint density at radius 2 is 2.44 bits per heavy atom. The summed E-state index contributed by atoms with van der Waals surface area (Å²) >= 11 is 1.53. The molecule has 0 saturated heterocycles. The third-order valence-electron chi connectivity index (χ3n) is 2.10. The highest BCUT2D eigenvalue weighted by Crippen LogP contribution is 2.14. The van der Waals surface area contributed by atoms with Crippen LogP contribution in [-0.4, -0.2) is 34.7 Å². The fourth-order valence-electron chi connectivity index (χ4n) is 1.19. The smallest absolute Gasteiger partial charge is 0.234 e. The van der Waals surface area contributed by atoms with Gasteiger partial charge in [-0.2, -0.15) is 0 Å². The summed E-state index contributed by atoms with van der Waals surface area (Å²) in [6.45, 7) is 1.92. The van der Waals surface area contributed by atoms with Gasteiger partial charge in [-0.1, -0.05) is 11.8 Å². The van der Waals surface area contributed by atoms with Gasteiger partial charge in [-0.3, -0.25) is 4.79 Å². The van der Waals surface area contributed by atoms with Crippen LogP contribution in [0.15, 0.2) is 17.4 Å². The molecule has 1 heterocycles. The lowest BCUT2D eigenvalue weighted by molar-refractivity contribution is -0.119. The Bertz CT molecular complexity index is 358. The van der Waals surface area contributed by atoms with Gasteiger partial charge >= 0.3 is 0 Å². The van der Waals surface area contributed by atoms with Crippen LogP contribution in [0.1, 0.15) is 12.1 Å². The SMILES string of the molecule is CNC(CCSc1nccc(C)n1)C(N)=O.